The highest BCUT2D eigenvalue weighted by Crippen LogP contribution is 2.28. The summed E-state index contributed by atoms with van der Waals surface area (Å²) in [5, 5.41) is 0. The summed E-state index contributed by atoms with van der Waals surface area (Å²) in [6, 6.07) is 5.30. The third kappa shape index (κ3) is 5.75. The molecule has 5 rings (SSSR count). The molecular formula is C25H30FN9O2. The molecule has 11 nitrogen and oxygen atoms in total. The van der Waals surface area contributed by atoms with Crippen LogP contribution in [0.3, 0.4) is 0 Å². The normalized spacial score (nSPS) is 14.8. The number of imidazole rings is 1. The Balaban J connectivity index is 1.37. The Kier molecular flexibility index (Phi) is 7.37. The first kappa shape index (κ1) is 24.8. The number of fused-ring (bicyclic) bond motifs is 1. The van der Waals surface area contributed by atoms with E-state index < -0.39 is 5.82 Å². The van der Waals surface area contributed by atoms with Crippen molar-refractivity contribution < 1.29 is 13.9 Å². The molecule has 5 heterocycles. The number of hydrogen-bond donors (Lipinski definition) is 1. The highest BCUT2D eigenvalue weighted by Gasteiger charge is 2.20. The first-order valence-electron chi connectivity index (χ1n) is 12.3. The molecule has 0 bridgehead atoms. The van der Waals surface area contributed by atoms with Crippen LogP contribution < -0.4 is 15.2 Å². The van der Waals surface area contributed by atoms with Gasteiger partial charge in [-0.15, -0.1) is 0 Å². The van der Waals surface area contributed by atoms with Gasteiger partial charge in [-0.1, -0.05) is 6.07 Å². The van der Waals surface area contributed by atoms with Crippen molar-refractivity contribution in [2.45, 2.75) is 13.5 Å². The Bertz CT molecular complexity index is 1350. The lowest BCUT2D eigenvalue weighted by Gasteiger charge is -2.32. The lowest BCUT2D eigenvalue weighted by atomic mass is 10.2. The SMILES string of the molecule is CCOc1nc(N)c2nc(-c3cncc(F)c3)n(Cc3ccc(OCCN4CCN(C)CC4)nc3)c2n1. The van der Waals surface area contributed by atoms with E-state index in [1.54, 1.807) is 12.4 Å². The van der Waals surface area contributed by atoms with Crippen molar-refractivity contribution in [1.82, 2.24) is 39.3 Å². The van der Waals surface area contributed by atoms with E-state index in [1.807, 2.05) is 23.6 Å². The topological polar surface area (TPSA) is 120 Å². The second kappa shape index (κ2) is 11.0. The van der Waals surface area contributed by atoms with Crippen LogP contribution in [0.1, 0.15) is 12.5 Å². The number of nitrogens with two attached hydrogens (primary N) is 1. The van der Waals surface area contributed by atoms with Crippen molar-refractivity contribution in [2.75, 3.05) is 58.7 Å². The average molecular weight is 508 g/mol. The van der Waals surface area contributed by atoms with Gasteiger partial charge in [0.05, 0.1) is 19.3 Å². The first-order chi connectivity index (χ1) is 18.0. The fraction of sp³-hybridized carbons (Fsp3) is 0.400. The lowest BCUT2D eigenvalue weighted by Crippen LogP contribution is -2.45. The number of rotatable bonds is 9. The number of likely N-dealkylation sites (N-methyl/N-ethyl adjacent to an activating group) is 1. The van der Waals surface area contributed by atoms with E-state index in [9.17, 15) is 4.39 Å². The number of pyridine rings is 2. The maximum atomic E-state index is 14.0. The summed E-state index contributed by atoms with van der Waals surface area (Å²) >= 11 is 0. The largest absolute Gasteiger partial charge is 0.476 e. The monoisotopic (exact) mass is 507 g/mol. The van der Waals surface area contributed by atoms with E-state index in [2.05, 4.69) is 41.8 Å². The molecule has 1 saturated heterocycles. The van der Waals surface area contributed by atoms with Crippen LogP contribution in [-0.2, 0) is 6.54 Å². The summed E-state index contributed by atoms with van der Waals surface area (Å²) in [4.78, 5) is 26.5. The van der Waals surface area contributed by atoms with Crippen LogP contribution in [0.5, 0.6) is 11.9 Å². The van der Waals surface area contributed by atoms with Crippen LogP contribution in [0.2, 0.25) is 0 Å². The standard InChI is InChI=1S/C25H30FN9O2/c1-3-36-25-31-22(27)21-24(32-25)35(23(30-21)18-12-19(26)15-28-14-18)16-17-4-5-20(29-13-17)37-11-10-34-8-6-33(2)7-9-34/h4-5,12-15H,3,6-11,16H2,1-2H3,(H2,27,31,32). The van der Waals surface area contributed by atoms with Crippen molar-refractivity contribution in [3.8, 4) is 23.3 Å². The van der Waals surface area contributed by atoms with Gasteiger partial charge < -0.3 is 24.7 Å². The number of ether oxygens (including phenoxy) is 2. The van der Waals surface area contributed by atoms with Crippen LogP contribution in [0.15, 0.2) is 36.8 Å². The van der Waals surface area contributed by atoms with Crippen LogP contribution in [0.4, 0.5) is 10.2 Å². The molecule has 2 N–H and O–H groups in total. The van der Waals surface area contributed by atoms with E-state index in [-0.39, 0.29) is 11.8 Å². The van der Waals surface area contributed by atoms with Crippen molar-refractivity contribution >= 4 is 17.0 Å². The van der Waals surface area contributed by atoms with Crippen molar-refractivity contribution in [1.29, 1.82) is 0 Å². The minimum atomic E-state index is -0.468. The van der Waals surface area contributed by atoms with Gasteiger partial charge in [-0.2, -0.15) is 9.97 Å². The summed E-state index contributed by atoms with van der Waals surface area (Å²) < 4.78 is 27.2. The summed E-state index contributed by atoms with van der Waals surface area (Å²) in [6.45, 7) is 8.28. The molecule has 12 heteroatoms. The second-order valence-corrected chi connectivity index (χ2v) is 8.91. The zero-order valence-corrected chi connectivity index (χ0v) is 21.0. The van der Waals surface area contributed by atoms with Crippen molar-refractivity contribution in [3.63, 3.8) is 0 Å². The average Bonchev–Trinajstić information content (AvgIpc) is 3.25. The number of halogens is 1. The fourth-order valence-electron chi connectivity index (χ4n) is 4.22. The Hall–Kier alpha value is -3.90. The van der Waals surface area contributed by atoms with Gasteiger partial charge >= 0.3 is 6.01 Å². The second-order valence-electron chi connectivity index (χ2n) is 8.91. The van der Waals surface area contributed by atoms with Crippen molar-refractivity contribution in [2.24, 2.45) is 0 Å². The van der Waals surface area contributed by atoms with Gasteiger partial charge in [0.1, 0.15) is 18.2 Å². The smallest absolute Gasteiger partial charge is 0.320 e. The zero-order valence-electron chi connectivity index (χ0n) is 21.0. The molecule has 0 spiro atoms. The molecule has 0 aromatic carbocycles. The van der Waals surface area contributed by atoms with E-state index >= 15 is 0 Å². The Morgan fingerprint density at radius 2 is 1.86 bits per heavy atom. The maximum Gasteiger partial charge on any atom is 0.320 e. The summed E-state index contributed by atoms with van der Waals surface area (Å²) in [5.41, 5.74) is 8.42. The molecule has 4 aromatic rings. The van der Waals surface area contributed by atoms with Gasteiger partial charge in [-0.3, -0.25) is 9.88 Å². The van der Waals surface area contributed by atoms with E-state index in [0.717, 1.165) is 44.5 Å². The minimum absolute atomic E-state index is 0.153. The minimum Gasteiger partial charge on any atom is -0.476 e. The summed E-state index contributed by atoms with van der Waals surface area (Å²) in [5.74, 6) is 0.738. The molecule has 1 aliphatic heterocycles. The number of nitrogens with zero attached hydrogens (tertiary/aromatic N) is 8. The van der Waals surface area contributed by atoms with Gasteiger partial charge in [-0.05, 0) is 25.6 Å². The molecule has 1 fully saturated rings. The van der Waals surface area contributed by atoms with Gasteiger partial charge in [-0.25, -0.2) is 14.4 Å². The molecule has 0 unspecified atom stereocenters. The molecule has 0 aliphatic carbocycles. The van der Waals surface area contributed by atoms with E-state index in [0.29, 0.717) is 48.2 Å². The number of nitrogen functional groups attached to an aromatic ring is 1. The van der Waals surface area contributed by atoms with Crippen LogP contribution in [0, 0.1) is 5.82 Å². The van der Waals surface area contributed by atoms with Gasteiger partial charge in [0.15, 0.2) is 17.0 Å². The molecule has 0 atom stereocenters. The number of hydrogen-bond acceptors (Lipinski definition) is 10. The van der Waals surface area contributed by atoms with E-state index in [1.165, 1.54) is 6.07 Å². The Labute approximate surface area is 214 Å². The molecule has 1 aliphatic rings. The number of aromatic nitrogens is 6. The molecule has 0 amide bonds. The predicted octanol–water partition coefficient (Wildman–Crippen LogP) is 2.08. The molecule has 0 radical (unpaired) electrons. The fourth-order valence-corrected chi connectivity index (χ4v) is 4.22. The molecule has 194 valence electrons. The third-order valence-corrected chi connectivity index (χ3v) is 6.23. The van der Waals surface area contributed by atoms with E-state index in [4.69, 9.17) is 15.2 Å². The van der Waals surface area contributed by atoms with Crippen LogP contribution in [0.25, 0.3) is 22.6 Å². The molecule has 37 heavy (non-hydrogen) atoms. The van der Waals surface area contributed by atoms with Gasteiger partial charge in [0.2, 0.25) is 5.88 Å². The number of piperazine rings is 1. The van der Waals surface area contributed by atoms with Crippen LogP contribution in [-0.4, -0.2) is 92.3 Å². The molecular weight excluding hydrogens is 477 g/mol. The molecule has 0 saturated carbocycles. The highest BCUT2D eigenvalue weighted by molar-refractivity contribution is 5.85. The zero-order chi connectivity index (χ0) is 25.8. The van der Waals surface area contributed by atoms with Gasteiger partial charge in [0, 0.05) is 56.7 Å². The maximum absolute atomic E-state index is 14.0. The first-order valence-corrected chi connectivity index (χ1v) is 12.3. The lowest BCUT2D eigenvalue weighted by molar-refractivity contribution is 0.132. The highest BCUT2D eigenvalue weighted by atomic mass is 19.1. The van der Waals surface area contributed by atoms with Crippen molar-refractivity contribution in [3.05, 3.63) is 48.2 Å². The quantitative estimate of drug-likeness (QED) is 0.360. The molecule has 4 aromatic heterocycles. The summed E-state index contributed by atoms with van der Waals surface area (Å²) in [6.07, 6.45) is 4.44. The predicted molar refractivity (Wildman–Crippen MR) is 137 cm³/mol. The van der Waals surface area contributed by atoms with Gasteiger partial charge in [0.25, 0.3) is 0 Å². The van der Waals surface area contributed by atoms with Crippen LogP contribution >= 0.6 is 0 Å². The number of anilines is 1. The Morgan fingerprint density at radius 3 is 2.59 bits per heavy atom. The third-order valence-electron chi connectivity index (χ3n) is 6.23. The summed E-state index contributed by atoms with van der Waals surface area (Å²) in [7, 11) is 2.14. The Morgan fingerprint density at radius 1 is 1.03 bits per heavy atom.